The molecule has 4 rings (SSSR count). The molecular formula is C34H39NO4S2. The quantitative estimate of drug-likeness (QED) is 0.201. The lowest BCUT2D eigenvalue weighted by atomic mass is 9.81. The smallest absolute Gasteiger partial charge is 0.225 e. The molecule has 41 heavy (non-hydrogen) atoms. The highest BCUT2D eigenvalue weighted by Gasteiger charge is 2.30. The summed E-state index contributed by atoms with van der Waals surface area (Å²) >= 11 is 0. The van der Waals surface area contributed by atoms with Gasteiger partial charge in [0.05, 0.1) is 14.7 Å². The second kappa shape index (κ2) is 12.7. The summed E-state index contributed by atoms with van der Waals surface area (Å²) in [7, 11) is -8.27. The summed E-state index contributed by atoms with van der Waals surface area (Å²) in [5.74, 6) is 0.439. The van der Waals surface area contributed by atoms with E-state index in [0.717, 1.165) is 11.1 Å². The summed E-state index contributed by atoms with van der Waals surface area (Å²) in [4.78, 5) is -0.0449. The van der Waals surface area contributed by atoms with Crippen molar-refractivity contribution in [3.8, 4) is 0 Å². The maximum absolute atomic E-state index is 14.0. The standard InChI is InChI=1S/C34H39NO4S2/c1-24(2)31(26-14-8-5-9-15-26)21-28-20-29(22-32(25(3)4)27-16-10-6-11-17-27)34(41(35,38)39)23-33(28)40(36,37)30-18-12-7-13-19-30/h5-20,23-25,31-32H,21-22H2,1-4H3,(H2,35,38,39). The number of benzene rings is 4. The molecule has 0 heterocycles. The van der Waals surface area contributed by atoms with Crippen molar-refractivity contribution in [1.29, 1.82) is 0 Å². The van der Waals surface area contributed by atoms with Crippen LogP contribution in [0.1, 0.15) is 61.8 Å². The average molecular weight is 590 g/mol. The Kier molecular flexibility index (Phi) is 9.52. The van der Waals surface area contributed by atoms with Gasteiger partial charge in [-0.05, 0) is 77.0 Å². The Bertz CT molecular complexity index is 1670. The van der Waals surface area contributed by atoms with Gasteiger partial charge < -0.3 is 0 Å². The number of primary sulfonamides is 1. The highest BCUT2D eigenvalue weighted by Crippen LogP contribution is 2.37. The SMILES string of the molecule is CC(C)C(Cc1cc(CC(c2ccccc2)C(C)C)c(S(=O)(=O)c2ccccc2)cc1S(N)(=O)=O)c1ccccc1. The normalized spacial score (nSPS) is 13.8. The van der Waals surface area contributed by atoms with Crippen molar-refractivity contribution in [3.63, 3.8) is 0 Å². The van der Waals surface area contributed by atoms with E-state index in [4.69, 9.17) is 5.14 Å². The first-order chi connectivity index (χ1) is 19.4. The number of sulfonamides is 1. The molecule has 0 radical (unpaired) electrons. The van der Waals surface area contributed by atoms with E-state index in [1.807, 2.05) is 48.5 Å². The third-order valence-electron chi connectivity index (χ3n) is 7.84. The third-order valence-corrected chi connectivity index (χ3v) is 10.7. The van der Waals surface area contributed by atoms with Gasteiger partial charge in [-0.15, -0.1) is 0 Å². The summed E-state index contributed by atoms with van der Waals surface area (Å²) < 4.78 is 54.1. The summed E-state index contributed by atoms with van der Waals surface area (Å²) in [6.07, 6.45) is 0.836. The topological polar surface area (TPSA) is 94.3 Å². The summed E-state index contributed by atoms with van der Waals surface area (Å²) in [6.45, 7) is 8.45. The van der Waals surface area contributed by atoms with E-state index in [9.17, 15) is 16.8 Å². The summed E-state index contributed by atoms with van der Waals surface area (Å²) in [5.41, 5.74) is 3.32. The van der Waals surface area contributed by atoms with Crippen LogP contribution in [0.5, 0.6) is 0 Å². The molecule has 0 saturated heterocycles. The Morgan fingerprint density at radius 3 is 1.34 bits per heavy atom. The molecule has 0 aromatic heterocycles. The van der Waals surface area contributed by atoms with Crippen molar-refractivity contribution >= 4 is 19.9 Å². The predicted octanol–water partition coefficient (Wildman–Crippen LogP) is 7.13. The molecule has 0 saturated carbocycles. The van der Waals surface area contributed by atoms with E-state index in [1.54, 1.807) is 24.3 Å². The molecular weight excluding hydrogens is 551 g/mol. The molecule has 0 bridgehead atoms. The van der Waals surface area contributed by atoms with E-state index >= 15 is 0 Å². The van der Waals surface area contributed by atoms with Gasteiger partial charge in [0.15, 0.2) is 0 Å². The minimum atomic E-state index is -4.23. The lowest BCUT2D eigenvalue weighted by Crippen LogP contribution is -2.20. The van der Waals surface area contributed by atoms with Crippen LogP contribution in [0.4, 0.5) is 0 Å². The average Bonchev–Trinajstić information content (AvgIpc) is 2.95. The molecule has 0 spiro atoms. The van der Waals surface area contributed by atoms with E-state index in [1.165, 1.54) is 18.2 Å². The number of sulfone groups is 1. The molecule has 2 unspecified atom stereocenters. The van der Waals surface area contributed by atoms with Crippen molar-refractivity contribution in [2.45, 2.75) is 67.1 Å². The zero-order valence-corrected chi connectivity index (χ0v) is 25.7. The van der Waals surface area contributed by atoms with E-state index in [-0.39, 0.29) is 38.4 Å². The van der Waals surface area contributed by atoms with Crippen molar-refractivity contribution in [1.82, 2.24) is 0 Å². The van der Waals surface area contributed by atoms with Crippen LogP contribution in [0.3, 0.4) is 0 Å². The highest BCUT2D eigenvalue weighted by molar-refractivity contribution is 7.91. The molecule has 0 fully saturated rings. The van der Waals surface area contributed by atoms with Crippen LogP contribution in [-0.4, -0.2) is 16.8 Å². The first-order valence-corrected chi connectivity index (χ1v) is 17.0. The Hall–Kier alpha value is -3.26. The molecule has 2 N–H and O–H groups in total. The summed E-state index contributed by atoms with van der Waals surface area (Å²) in [6, 6.07) is 31.2. The molecule has 4 aromatic rings. The molecule has 5 nitrogen and oxygen atoms in total. The van der Waals surface area contributed by atoms with Crippen molar-refractivity contribution in [2.24, 2.45) is 17.0 Å². The van der Waals surface area contributed by atoms with Crippen LogP contribution in [0.2, 0.25) is 0 Å². The van der Waals surface area contributed by atoms with Gasteiger partial charge in [0.1, 0.15) is 0 Å². The minimum absolute atomic E-state index is 0.0103. The fraction of sp³-hybridized carbons (Fsp3) is 0.294. The third kappa shape index (κ3) is 7.15. The Balaban J connectivity index is 1.96. The minimum Gasteiger partial charge on any atom is -0.225 e. The molecule has 0 aliphatic rings. The largest absolute Gasteiger partial charge is 0.238 e. The van der Waals surface area contributed by atoms with E-state index in [0.29, 0.717) is 24.0 Å². The maximum atomic E-state index is 14.0. The van der Waals surface area contributed by atoms with Crippen molar-refractivity contribution < 1.29 is 16.8 Å². The van der Waals surface area contributed by atoms with Gasteiger partial charge >= 0.3 is 0 Å². The number of hydrogen-bond acceptors (Lipinski definition) is 4. The number of hydrogen-bond donors (Lipinski definition) is 1. The maximum Gasteiger partial charge on any atom is 0.238 e. The van der Waals surface area contributed by atoms with Gasteiger partial charge in [-0.25, -0.2) is 22.0 Å². The van der Waals surface area contributed by atoms with E-state index < -0.39 is 19.9 Å². The molecule has 2 atom stereocenters. The van der Waals surface area contributed by atoms with Crippen LogP contribution < -0.4 is 5.14 Å². The predicted molar refractivity (Wildman–Crippen MR) is 165 cm³/mol. The van der Waals surface area contributed by atoms with E-state index in [2.05, 4.69) is 39.8 Å². The van der Waals surface area contributed by atoms with Crippen LogP contribution in [0.25, 0.3) is 0 Å². The van der Waals surface area contributed by atoms with Gasteiger partial charge in [0.2, 0.25) is 19.9 Å². The van der Waals surface area contributed by atoms with Crippen LogP contribution >= 0.6 is 0 Å². The lowest BCUT2D eigenvalue weighted by Gasteiger charge is -2.26. The van der Waals surface area contributed by atoms with Gasteiger partial charge in [-0.3, -0.25) is 0 Å². The molecule has 4 aromatic carbocycles. The van der Waals surface area contributed by atoms with Crippen LogP contribution in [0.15, 0.2) is 118 Å². The second-order valence-corrected chi connectivity index (χ2v) is 14.8. The zero-order valence-electron chi connectivity index (χ0n) is 24.1. The molecule has 0 amide bonds. The second-order valence-electron chi connectivity index (χ2n) is 11.4. The highest BCUT2D eigenvalue weighted by atomic mass is 32.2. The van der Waals surface area contributed by atoms with Crippen LogP contribution in [-0.2, 0) is 32.7 Å². The molecule has 7 heteroatoms. The Labute approximate surface area is 245 Å². The first-order valence-electron chi connectivity index (χ1n) is 14.0. The van der Waals surface area contributed by atoms with Crippen molar-refractivity contribution in [2.75, 3.05) is 0 Å². The molecule has 0 aliphatic heterocycles. The van der Waals surface area contributed by atoms with Gasteiger partial charge in [0.25, 0.3) is 0 Å². The number of nitrogens with two attached hydrogens (primary N) is 1. The Morgan fingerprint density at radius 2 is 0.951 bits per heavy atom. The van der Waals surface area contributed by atoms with Crippen molar-refractivity contribution in [3.05, 3.63) is 125 Å². The lowest BCUT2D eigenvalue weighted by molar-refractivity contribution is 0.485. The number of rotatable bonds is 11. The van der Waals surface area contributed by atoms with Gasteiger partial charge in [0, 0.05) is 0 Å². The fourth-order valence-electron chi connectivity index (χ4n) is 5.57. The first kappa shape index (κ1) is 30.7. The molecule has 216 valence electrons. The van der Waals surface area contributed by atoms with Crippen LogP contribution in [0, 0.1) is 11.8 Å². The zero-order chi connectivity index (χ0) is 29.8. The van der Waals surface area contributed by atoms with Gasteiger partial charge in [-0.2, -0.15) is 0 Å². The fourth-order valence-corrected chi connectivity index (χ4v) is 7.96. The monoisotopic (exact) mass is 589 g/mol. The summed E-state index contributed by atoms with van der Waals surface area (Å²) in [5, 5.41) is 5.77. The Morgan fingerprint density at radius 1 is 0.561 bits per heavy atom. The van der Waals surface area contributed by atoms with Gasteiger partial charge in [-0.1, -0.05) is 113 Å². The molecule has 0 aliphatic carbocycles.